The van der Waals surface area contributed by atoms with Crippen molar-refractivity contribution in [1.82, 2.24) is 0 Å². The SMILES string of the molecule is CC(=O)C1=NN(c2ccccc2)[C@@H](c2ccc(F)cc2)N1c1ccc(F)cc1. The molecule has 1 aliphatic heterocycles. The van der Waals surface area contributed by atoms with Gasteiger partial charge in [0.15, 0.2) is 17.8 Å². The van der Waals surface area contributed by atoms with Gasteiger partial charge in [0.05, 0.1) is 5.69 Å². The van der Waals surface area contributed by atoms with Crippen molar-refractivity contribution in [2.45, 2.75) is 13.1 Å². The third-order valence-corrected chi connectivity index (χ3v) is 4.52. The third-order valence-electron chi connectivity index (χ3n) is 4.52. The maximum Gasteiger partial charge on any atom is 0.198 e. The summed E-state index contributed by atoms with van der Waals surface area (Å²) in [5.41, 5.74) is 2.14. The molecule has 0 radical (unpaired) electrons. The molecule has 0 saturated heterocycles. The first kappa shape index (κ1) is 17.9. The summed E-state index contributed by atoms with van der Waals surface area (Å²) in [6, 6.07) is 21.3. The second kappa shape index (κ2) is 7.23. The maximum absolute atomic E-state index is 13.5. The number of Topliss-reactive ketones (excluding diaryl/α,β-unsaturated/α-hetero) is 1. The highest BCUT2D eigenvalue weighted by Gasteiger charge is 2.39. The number of benzene rings is 3. The number of hydrogen-bond donors (Lipinski definition) is 0. The number of anilines is 2. The molecule has 140 valence electrons. The molecule has 28 heavy (non-hydrogen) atoms. The molecule has 0 unspecified atom stereocenters. The molecule has 0 amide bonds. The van der Waals surface area contributed by atoms with Crippen molar-refractivity contribution in [2.75, 3.05) is 9.91 Å². The Labute approximate surface area is 161 Å². The molecule has 0 bridgehead atoms. The van der Waals surface area contributed by atoms with Gasteiger partial charge < -0.3 is 0 Å². The van der Waals surface area contributed by atoms with Crippen LogP contribution in [0.3, 0.4) is 0 Å². The molecule has 3 aromatic carbocycles. The van der Waals surface area contributed by atoms with E-state index in [0.29, 0.717) is 5.69 Å². The first-order valence-corrected chi connectivity index (χ1v) is 8.79. The molecule has 6 heteroatoms. The smallest absolute Gasteiger partial charge is 0.198 e. The van der Waals surface area contributed by atoms with E-state index in [0.717, 1.165) is 11.3 Å². The minimum Gasteiger partial charge on any atom is -0.295 e. The fourth-order valence-electron chi connectivity index (χ4n) is 3.24. The van der Waals surface area contributed by atoms with Crippen LogP contribution in [0.1, 0.15) is 18.7 Å². The molecular weight excluding hydrogens is 360 g/mol. The molecule has 1 aliphatic rings. The average molecular weight is 377 g/mol. The number of hydrogen-bond acceptors (Lipinski definition) is 4. The molecular formula is C22H17F2N3O. The van der Waals surface area contributed by atoms with Crippen LogP contribution < -0.4 is 9.91 Å². The zero-order valence-electron chi connectivity index (χ0n) is 15.1. The Bertz CT molecular complexity index is 1020. The van der Waals surface area contributed by atoms with Crippen LogP contribution in [0.4, 0.5) is 20.2 Å². The number of rotatable bonds is 4. The number of para-hydroxylation sites is 1. The first-order chi connectivity index (χ1) is 13.5. The summed E-state index contributed by atoms with van der Waals surface area (Å²) in [7, 11) is 0. The number of halogens is 2. The van der Waals surface area contributed by atoms with E-state index in [1.54, 1.807) is 34.2 Å². The molecule has 4 nitrogen and oxygen atoms in total. The van der Waals surface area contributed by atoms with E-state index < -0.39 is 6.17 Å². The van der Waals surface area contributed by atoms with Gasteiger partial charge in [-0.15, -0.1) is 5.10 Å². The maximum atomic E-state index is 13.5. The minimum atomic E-state index is -0.521. The number of hydrazone groups is 1. The van der Waals surface area contributed by atoms with Gasteiger partial charge in [-0.05, 0) is 54.1 Å². The minimum absolute atomic E-state index is 0.227. The molecule has 4 rings (SSSR count). The molecule has 0 fully saturated rings. The molecule has 0 aliphatic carbocycles. The zero-order valence-corrected chi connectivity index (χ0v) is 15.1. The predicted molar refractivity (Wildman–Crippen MR) is 105 cm³/mol. The lowest BCUT2D eigenvalue weighted by Gasteiger charge is -2.32. The molecule has 0 spiro atoms. The largest absolute Gasteiger partial charge is 0.295 e. The van der Waals surface area contributed by atoms with Gasteiger partial charge in [-0.3, -0.25) is 9.69 Å². The standard InChI is InChI=1S/C22H17F2N3O/c1-15(28)21-25-27(20-5-3-2-4-6-20)22(16-7-9-17(23)10-8-16)26(21)19-13-11-18(24)12-14-19/h2-14,22H,1H3/t22-/m0/s1. The number of nitrogens with zero attached hydrogens (tertiary/aromatic N) is 3. The summed E-state index contributed by atoms with van der Waals surface area (Å²) in [5, 5.41) is 6.27. The topological polar surface area (TPSA) is 35.9 Å². The fraction of sp³-hybridized carbons (Fsp3) is 0.0909. The van der Waals surface area contributed by atoms with E-state index in [4.69, 9.17) is 0 Å². The van der Waals surface area contributed by atoms with Crippen molar-refractivity contribution < 1.29 is 13.6 Å². The van der Waals surface area contributed by atoms with Crippen LogP contribution in [-0.4, -0.2) is 11.6 Å². The molecule has 0 aromatic heterocycles. The van der Waals surface area contributed by atoms with E-state index in [9.17, 15) is 13.6 Å². The second-order valence-corrected chi connectivity index (χ2v) is 6.43. The van der Waals surface area contributed by atoms with Crippen molar-refractivity contribution in [3.63, 3.8) is 0 Å². The first-order valence-electron chi connectivity index (χ1n) is 8.79. The van der Waals surface area contributed by atoms with Gasteiger partial charge >= 0.3 is 0 Å². The Morgan fingerprint density at radius 2 is 1.39 bits per heavy atom. The van der Waals surface area contributed by atoms with Crippen molar-refractivity contribution in [3.05, 3.63) is 96.1 Å². The summed E-state index contributed by atoms with van der Waals surface area (Å²) in [5.74, 6) is -0.726. The summed E-state index contributed by atoms with van der Waals surface area (Å²) >= 11 is 0. The van der Waals surface area contributed by atoms with E-state index in [2.05, 4.69) is 5.10 Å². The predicted octanol–water partition coefficient (Wildman–Crippen LogP) is 4.89. The van der Waals surface area contributed by atoms with Crippen molar-refractivity contribution in [3.8, 4) is 0 Å². The monoisotopic (exact) mass is 377 g/mol. The highest BCUT2D eigenvalue weighted by molar-refractivity contribution is 6.44. The lowest BCUT2D eigenvalue weighted by Crippen LogP contribution is -2.37. The Hall–Kier alpha value is -3.54. The Morgan fingerprint density at radius 1 is 0.821 bits per heavy atom. The number of carbonyl (C=O) groups is 1. The van der Waals surface area contributed by atoms with Gasteiger partial charge in [0.1, 0.15) is 11.6 Å². The van der Waals surface area contributed by atoms with Crippen LogP contribution in [-0.2, 0) is 4.79 Å². The van der Waals surface area contributed by atoms with E-state index >= 15 is 0 Å². The van der Waals surface area contributed by atoms with Gasteiger partial charge in [-0.2, -0.15) is 0 Å². The summed E-state index contributed by atoms with van der Waals surface area (Å²) in [6.07, 6.45) is -0.521. The molecule has 3 aromatic rings. The Kier molecular flexibility index (Phi) is 4.61. The lowest BCUT2D eigenvalue weighted by molar-refractivity contribution is -0.111. The van der Waals surface area contributed by atoms with E-state index in [1.165, 1.54) is 31.2 Å². The van der Waals surface area contributed by atoms with E-state index in [1.807, 2.05) is 30.3 Å². The van der Waals surface area contributed by atoms with E-state index in [-0.39, 0.29) is 23.3 Å². The normalized spacial score (nSPS) is 16.2. The van der Waals surface area contributed by atoms with Crippen LogP contribution in [0.2, 0.25) is 0 Å². The van der Waals surface area contributed by atoms with Gasteiger partial charge in [-0.1, -0.05) is 30.3 Å². The summed E-state index contributed by atoms with van der Waals surface area (Å²) < 4.78 is 27.0. The van der Waals surface area contributed by atoms with Crippen LogP contribution in [0, 0.1) is 11.6 Å². The van der Waals surface area contributed by atoms with Crippen LogP contribution in [0.15, 0.2) is 84.0 Å². The Balaban J connectivity index is 1.89. The highest BCUT2D eigenvalue weighted by atomic mass is 19.1. The molecule has 0 N–H and O–H groups in total. The number of carbonyl (C=O) groups excluding carboxylic acids is 1. The van der Waals surface area contributed by atoms with Crippen LogP contribution in [0.25, 0.3) is 0 Å². The van der Waals surface area contributed by atoms with Crippen LogP contribution >= 0.6 is 0 Å². The van der Waals surface area contributed by atoms with Crippen LogP contribution in [0.5, 0.6) is 0 Å². The van der Waals surface area contributed by atoms with Gasteiger partial charge in [0, 0.05) is 12.6 Å². The van der Waals surface area contributed by atoms with Gasteiger partial charge in [0.2, 0.25) is 0 Å². The fourth-order valence-corrected chi connectivity index (χ4v) is 3.24. The van der Waals surface area contributed by atoms with Gasteiger partial charge in [0.25, 0.3) is 0 Å². The molecule has 0 saturated carbocycles. The zero-order chi connectivity index (χ0) is 19.7. The Morgan fingerprint density at radius 3 is 1.96 bits per heavy atom. The van der Waals surface area contributed by atoms with Crippen molar-refractivity contribution >= 4 is 23.0 Å². The van der Waals surface area contributed by atoms with Gasteiger partial charge in [-0.25, -0.2) is 13.8 Å². The quantitative estimate of drug-likeness (QED) is 0.649. The van der Waals surface area contributed by atoms with Crippen molar-refractivity contribution in [1.29, 1.82) is 0 Å². The highest BCUT2D eigenvalue weighted by Crippen LogP contribution is 2.39. The number of amidine groups is 1. The summed E-state index contributed by atoms with van der Waals surface area (Å²) in [6.45, 7) is 1.44. The lowest BCUT2D eigenvalue weighted by atomic mass is 10.1. The van der Waals surface area contributed by atoms with Crippen molar-refractivity contribution in [2.24, 2.45) is 5.10 Å². The molecule has 1 heterocycles. The average Bonchev–Trinajstić information content (AvgIpc) is 3.11. The summed E-state index contributed by atoms with van der Waals surface area (Å²) in [4.78, 5) is 14.1. The third kappa shape index (κ3) is 3.24. The molecule has 1 atom stereocenters. The number of ketones is 1. The second-order valence-electron chi connectivity index (χ2n) is 6.43.